The van der Waals surface area contributed by atoms with Gasteiger partial charge < -0.3 is 5.32 Å². The molecule has 18 heavy (non-hydrogen) atoms. The third-order valence-corrected chi connectivity index (χ3v) is 3.71. The van der Waals surface area contributed by atoms with Crippen LogP contribution >= 0.6 is 11.6 Å². The number of rotatable bonds is 5. The van der Waals surface area contributed by atoms with E-state index in [0.717, 1.165) is 18.2 Å². The van der Waals surface area contributed by atoms with Crippen molar-refractivity contribution in [2.45, 2.75) is 47.5 Å². The van der Waals surface area contributed by atoms with Gasteiger partial charge in [0.15, 0.2) is 0 Å². The summed E-state index contributed by atoms with van der Waals surface area (Å²) >= 11 is 6.02. The Morgan fingerprint density at radius 1 is 1.22 bits per heavy atom. The summed E-state index contributed by atoms with van der Waals surface area (Å²) in [4.78, 5) is 8.72. The Morgan fingerprint density at radius 2 is 1.83 bits per heavy atom. The van der Waals surface area contributed by atoms with Crippen LogP contribution in [0.2, 0.25) is 5.15 Å². The van der Waals surface area contributed by atoms with Gasteiger partial charge in [-0.2, -0.15) is 0 Å². The summed E-state index contributed by atoms with van der Waals surface area (Å²) in [6, 6.07) is 1.78. The molecule has 0 radical (unpaired) electrons. The van der Waals surface area contributed by atoms with Crippen LogP contribution in [0.1, 0.15) is 53.3 Å². The highest BCUT2D eigenvalue weighted by Crippen LogP contribution is 2.26. The van der Waals surface area contributed by atoms with Gasteiger partial charge in [0.05, 0.1) is 0 Å². The maximum Gasteiger partial charge on any atom is 0.135 e. The smallest absolute Gasteiger partial charge is 0.135 e. The first kappa shape index (κ1) is 15.2. The minimum atomic E-state index is 0.218. The minimum Gasteiger partial charge on any atom is -0.369 e. The van der Waals surface area contributed by atoms with Crippen molar-refractivity contribution in [3.63, 3.8) is 0 Å². The Bertz CT molecular complexity index is 400. The molecule has 1 N–H and O–H groups in total. The normalized spacial score (nSPS) is 12.3. The first-order chi connectivity index (χ1) is 8.22. The lowest BCUT2D eigenvalue weighted by molar-refractivity contribution is 0.269. The molecule has 1 rings (SSSR count). The van der Waals surface area contributed by atoms with Crippen molar-refractivity contribution in [1.82, 2.24) is 9.97 Å². The minimum absolute atomic E-state index is 0.218. The van der Waals surface area contributed by atoms with E-state index in [0.29, 0.717) is 11.1 Å². The van der Waals surface area contributed by atoms with E-state index in [4.69, 9.17) is 11.6 Å². The van der Waals surface area contributed by atoms with Gasteiger partial charge in [0.2, 0.25) is 0 Å². The van der Waals surface area contributed by atoms with Gasteiger partial charge in [0, 0.05) is 18.5 Å². The zero-order chi connectivity index (χ0) is 13.9. The van der Waals surface area contributed by atoms with Crippen LogP contribution in [0.4, 0.5) is 5.82 Å². The molecule has 0 atom stereocenters. The Hall–Kier alpha value is -0.830. The van der Waals surface area contributed by atoms with Crippen molar-refractivity contribution >= 4 is 17.4 Å². The van der Waals surface area contributed by atoms with Crippen molar-refractivity contribution in [3.8, 4) is 0 Å². The van der Waals surface area contributed by atoms with Crippen LogP contribution in [0.25, 0.3) is 0 Å². The lowest BCUT2D eigenvalue weighted by Gasteiger charge is -2.29. The molecule has 0 aliphatic heterocycles. The van der Waals surface area contributed by atoms with Crippen molar-refractivity contribution in [1.29, 1.82) is 0 Å². The van der Waals surface area contributed by atoms with E-state index in [-0.39, 0.29) is 11.3 Å². The number of nitrogens with zero attached hydrogens (tertiary/aromatic N) is 2. The number of halogens is 1. The molecule has 0 aliphatic carbocycles. The van der Waals surface area contributed by atoms with Crippen LogP contribution in [0.5, 0.6) is 0 Å². The van der Waals surface area contributed by atoms with E-state index in [9.17, 15) is 0 Å². The van der Waals surface area contributed by atoms with E-state index < -0.39 is 0 Å². The fraction of sp³-hybridized carbons (Fsp3) is 0.714. The summed E-state index contributed by atoms with van der Waals surface area (Å²) in [6.07, 6.45) is 0. The second-order valence-corrected chi connectivity index (χ2v) is 6.47. The number of nitrogens with one attached hydrogen (secondary N) is 1. The molecule has 0 fully saturated rings. The summed E-state index contributed by atoms with van der Waals surface area (Å²) in [7, 11) is 0. The average molecular weight is 270 g/mol. The van der Waals surface area contributed by atoms with Gasteiger partial charge in [0.25, 0.3) is 0 Å². The summed E-state index contributed by atoms with van der Waals surface area (Å²) < 4.78 is 0. The van der Waals surface area contributed by atoms with Crippen molar-refractivity contribution in [3.05, 3.63) is 17.0 Å². The number of anilines is 1. The third kappa shape index (κ3) is 4.13. The van der Waals surface area contributed by atoms with Crippen molar-refractivity contribution < 1.29 is 0 Å². The van der Waals surface area contributed by atoms with E-state index >= 15 is 0 Å². The monoisotopic (exact) mass is 269 g/mol. The quantitative estimate of drug-likeness (QED) is 0.808. The highest BCUT2D eigenvalue weighted by Gasteiger charge is 2.22. The Kier molecular flexibility index (Phi) is 4.97. The highest BCUT2D eigenvalue weighted by atomic mass is 35.5. The SMILES string of the molecule is CC(C)c1nc(Cl)cc(NCC(C)(C)C(C)C)n1. The maximum absolute atomic E-state index is 6.02. The lowest BCUT2D eigenvalue weighted by Crippen LogP contribution is -2.28. The molecule has 0 saturated heterocycles. The number of aromatic nitrogens is 2. The van der Waals surface area contributed by atoms with E-state index in [1.807, 2.05) is 0 Å². The third-order valence-electron chi connectivity index (χ3n) is 3.52. The lowest BCUT2D eigenvalue weighted by atomic mass is 9.81. The van der Waals surface area contributed by atoms with E-state index in [2.05, 4.69) is 56.8 Å². The first-order valence-corrected chi connectivity index (χ1v) is 6.88. The van der Waals surface area contributed by atoms with Crippen LogP contribution in [-0.2, 0) is 0 Å². The second-order valence-electron chi connectivity index (χ2n) is 6.09. The van der Waals surface area contributed by atoms with Gasteiger partial charge in [-0.25, -0.2) is 9.97 Å². The molecule has 0 aliphatic rings. The van der Waals surface area contributed by atoms with Crippen LogP contribution in [0.3, 0.4) is 0 Å². The maximum atomic E-state index is 6.02. The molecular formula is C14H24ClN3. The van der Waals surface area contributed by atoms with Crippen molar-refractivity contribution in [2.75, 3.05) is 11.9 Å². The molecule has 0 unspecified atom stereocenters. The Morgan fingerprint density at radius 3 is 2.33 bits per heavy atom. The first-order valence-electron chi connectivity index (χ1n) is 6.50. The molecule has 0 amide bonds. The predicted molar refractivity (Wildman–Crippen MR) is 78.2 cm³/mol. The van der Waals surface area contributed by atoms with Crippen LogP contribution in [-0.4, -0.2) is 16.5 Å². The van der Waals surface area contributed by atoms with Crippen LogP contribution < -0.4 is 5.32 Å². The van der Waals surface area contributed by atoms with E-state index in [1.165, 1.54) is 0 Å². The van der Waals surface area contributed by atoms with Gasteiger partial charge in [-0.15, -0.1) is 0 Å². The zero-order valence-electron chi connectivity index (χ0n) is 12.2. The van der Waals surface area contributed by atoms with Crippen LogP contribution in [0, 0.1) is 11.3 Å². The van der Waals surface area contributed by atoms with Gasteiger partial charge in [0.1, 0.15) is 16.8 Å². The molecular weight excluding hydrogens is 246 g/mol. The molecule has 0 bridgehead atoms. The molecule has 0 spiro atoms. The molecule has 0 aromatic carbocycles. The topological polar surface area (TPSA) is 37.8 Å². The van der Waals surface area contributed by atoms with Gasteiger partial charge >= 0.3 is 0 Å². The Balaban J connectivity index is 2.79. The zero-order valence-corrected chi connectivity index (χ0v) is 13.0. The highest BCUT2D eigenvalue weighted by molar-refractivity contribution is 6.29. The Labute approximate surface area is 115 Å². The predicted octanol–water partition coefficient (Wildman–Crippen LogP) is 4.35. The standard InChI is InChI=1S/C14H24ClN3/c1-9(2)13-17-11(15)7-12(18-13)16-8-14(5,6)10(3)4/h7,9-10H,8H2,1-6H3,(H,16,17,18). The average Bonchev–Trinajstić information content (AvgIpc) is 2.25. The van der Waals surface area contributed by atoms with E-state index in [1.54, 1.807) is 6.07 Å². The fourth-order valence-electron chi connectivity index (χ4n) is 1.31. The van der Waals surface area contributed by atoms with Crippen molar-refractivity contribution in [2.24, 2.45) is 11.3 Å². The molecule has 1 aromatic heterocycles. The molecule has 3 nitrogen and oxygen atoms in total. The summed E-state index contributed by atoms with van der Waals surface area (Å²) in [5, 5.41) is 3.87. The summed E-state index contributed by atoms with van der Waals surface area (Å²) in [5.41, 5.74) is 0.218. The number of hydrogen-bond acceptors (Lipinski definition) is 3. The summed E-state index contributed by atoms with van der Waals surface area (Å²) in [5.74, 6) is 2.48. The summed E-state index contributed by atoms with van der Waals surface area (Å²) in [6.45, 7) is 14.0. The number of hydrogen-bond donors (Lipinski definition) is 1. The van der Waals surface area contributed by atoms with Crippen LogP contribution in [0.15, 0.2) is 6.07 Å². The molecule has 4 heteroatoms. The largest absolute Gasteiger partial charge is 0.369 e. The van der Waals surface area contributed by atoms with Gasteiger partial charge in [-0.1, -0.05) is 53.1 Å². The molecule has 0 saturated carbocycles. The molecule has 1 heterocycles. The second kappa shape index (κ2) is 5.87. The van der Waals surface area contributed by atoms with Gasteiger partial charge in [-0.05, 0) is 11.3 Å². The van der Waals surface area contributed by atoms with Gasteiger partial charge in [-0.3, -0.25) is 0 Å². The molecule has 102 valence electrons. The fourth-order valence-corrected chi connectivity index (χ4v) is 1.50. The molecule has 1 aromatic rings.